The summed E-state index contributed by atoms with van der Waals surface area (Å²) in [4.78, 5) is 28.0. The number of aromatic nitrogens is 1. The monoisotopic (exact) mass is 324 g/mol. The summed E-state index contributed by atoms with van der Waals surface area (Å²) in [5.74, 6) is -1.63. The molecular weight excluding hydrogens is 308 g/mol. The van der Waals surface area contributed by atoms with Crippen molar-refractivity contribution >= 4 is 17.6 Å². The van der Waals surface area contributed by atoms with Gasteiger partial charge >= 0.3 is 5.97 Å². The minimum Gasteiger partial charge on any atom is -0.481 e. The summed E-state index contributed by atoms with van der Waals surface area (Å²) in [7, 11) is 0. The molecule has 4 rings (SSSR count). The quantitative estimate of drug-likeness (QED) is 0.844. The fraction of sp³-hybridized carbons (Fsp3) is 0.278. The Hall–Kier alpha value is -2.89. The van der Waals surface area contributed by atoms with Crippen molar-refractivity contribution < 1.29 is 19.1 Å². The minimum atomic E-state index is -0.896. The van der Waals surface area contributed by atoms with Gasteiger partial charge in [0.2, 0.25) is 5.91 Å². The van der Waals surface area contributed by atoms with Gasteiger partial charge in [0.15, 0.2) is 12.2 Å². The molecule has 0 radical (unpaired) electrons. The number of benzene rings is 1. The average Bonchev–Trinajstić information content (AvgIpc) is 3.31. The normalized spacial score (nSPS) is 27.3. The molecule has 2 aliphatic rings. The lowest BCUT2D eigenvalue weighted by Gasteiger charge is -2.23. The highest BCUT2D eigenvalue weighted by atomic mass is 16.4. The van der Waals surface area contributed by atoms with Gasteiger partial charge in [-0.15, -0.1) is 0 Å². The van der Waals surface area contributed by atoms with Gasteiger partial charge in [0.05, 0.1) is 18.0 Å². The number of carboxylic acid groups (broad SMARTS) is 1. The number of aliphatic carboxylic acids is 1. The molecule has 1 amide bonds. The maximum atomic E-state index is 12.6. The van der Waals surface area contributed by atoms with Crippen molar-refractivity contribution in [2.75, 3.05) is 5.32 Å². The summed E-state index contributed by atoms with van der Waals surface area (Å²) in [6.07, 6.45) is 7.63. The first-order chi connectivity index (χ1) is 11.6. The first kappa shape index (κ1) is 14.7. The second kappa shape index (κ2) is 5.63. The molecule has 2 aliphatic carbocycles. The number of nitrogens with zero attached hydrogens (tertiary/aromatic N) is 1. The van der Waals surface area contributed by atoms with Gasteiger partial charge in [-0.1, -0.05) is 12.2 Å². The standard InChI is InChI=1S/C18H16N2O4/c21-17(15-11-1-2-12(7-11)16(15)18(22)23)20-13-5-3-10(4-6-13)14-8-19-9-24-14/h1-6,8-9,11-12,15-16H,7H2,(H,20,21)(H,22,23)/t11-,12-,15-,16+/m0/s1. The lowest BCUT2D eigenvalue weighted by atomic mass is 9.82. The molecule has 1 fully saturated rings. The Morgan fingerprint density at radius 3 is 2.46 bits per heavy atom. The van der Waals surface area contributed by atoms with Crippen LogP contribution in [-0.2, 0) is 9.59 Å². The molecule has 2 N–H and O–H groups in total. The maximum absolute atomic E-state index is 12.6. The topological polar surface area (TPSA) is 92.4 Å². The number of carbonyl (C=O) groups excluding carboxylic acids is 1. The van der Waals surface area contributed by atoms with Crippen LogP contribution in [0.15, 0.2) is 53.4 Å². The van der Waals surface area contributed by atoms with Crippen molar-refractivity contribution in [2.45, 2.75) is 6.42 Å². The number of carbonyl (C=O) groups is 2. The van der Waals surface area contributed by atoms with Crippen LogP contribution in [0.1, 0.15) is 6.42 Å². The minimum absolute atomic E-state index is 0.0181. The van der Waals surface area contributed by atoms with Crippen LogP contribution in [0.25, 0.3) is 11.3 Å². The van der Waals surface area contributed by atoms with Gasteiger partial charge in [0, 0.05) is 11.3 Å². The van der Waals surface area contributed by atoms with Crippen LogP contribution in [0.5, 0.6) is 0 Å². The van der Waals surface area contributed by atoms with Gasteiger partial charge in [-0.25, -0.2) is 4.98 Å². The number of carboxylic acids is 1. The number of hydrogen-bond acceptors (Lipinski definition) is 4. The van der Waals surface area contributed by atoms with Crippen LogP contribution in [0.2, 0.25) is 0 Å². The second-order valence-electron chi connectivity index (χ2n) is 6.27. The van der Waals surface area contributed by atoms with E-state index in [1.54, 1.807) is 18.3 Å². The average molecular weight is 324 g/mol. The molecule has 2 aromatic rings. The lowest BCUT2D eigenvalue weighted by molar-refractivity contribution is -0.146. The molecule has 1 heterocycles. The zero-order valence-electron chi connectivity index (χ0n) is 12.8. The predicted molar refractivity (Wildman–Crippen MR) is 85.9 cm³/mol. The predicted octanol–water partition coefficient (Wildman–Crippen LogP) is 2.80. The number of allylic oxidation sites excluding steroid dienone is 2. The van der Waals surface area contributed by atoms with Crippen molar-refractivity contribution in [1.82, 2.24) is 4.98 Å². The van der Waals surface area contributed by atoms with Crippen molar-refractivity contribution in [3.05, 3.63) is 49.0 Å². The summed E-state index contributed by atoms with van der Waals surface area (Å²) in [5, 5.41) is 12.3. The second-order valence-corrected chi connectivity index (χ2v) is 6.27. The molecule has 1 aromatic carbocycles. The van der Waals surface area contributed by atoms with Crippen LogP contribution in [0, 0.1) is 23.7 Å². The van der Waals surface area contributed by atoms with E-state index in [1.165, 1.54) is 6.39 Å². The summed E-state index contributed by atoms with van der Waals surface area (Å²) in [5.41, 5.74) is 1.50. The third kappa shape index (κ3) is 2.40. The lowest BCUT2D eigenvalue weighted by Crippen LogP contribution is -2.36. The van der Waals surface area contributed by atoms with Crippen molar-refractivity contribution in [2.24, 2.45) is 23.7 Å². The number of anilines is 1. The van der Waals surface area contributed by atoms with Crippen molar-refractivity contribution in [3.63, 3.8) is 0 Å². The third-order valence-electron chi connectivity index (χ3n) is 4.92. The van der Waals surface area contributed by atoms with E-state index in [1.807, 2.05) is 24.3 Å². The van der Waals surface area contributed by atoms with Crippen LogP contribution < -0.4 is 5.32 Å². The van der Waals surface area contributed by atoms with Gasteiger partial charge in [-0.05, 0) is 42.5 Å². The molecule has 6 heteroatoms. The van der Waals surface area contributed by atoms with E-state index < -0.39 is 17.8 Å². The van der Waals surface area contributed by atoms with E-state index in [9.17, 15) is 14.7 Å². The maximum Gasteiger partial charge on any atom is 0.307 e. The summed E-state index contributed by atoms with van der Waals surface area (Å²) < 4.78 is 5.22. The highest BCUT2D eigenvalue weighted by Gasteiger charge is 2.51. The van der Waals surface area contributed by atoms with E-state index >= 15 is 0 Å². The zero-order chi connectivity index (χ0) is 16.7. The van der Waals surface area contributed by atoms with Crippen LogP contribution in [-0.4, -0.2) is 22.0 Å². The van der Waals surface area contributed by atoms with E-state index in [-0.39, 0.29) is 17.7 Å². The molecular formula is C18H16N2O4. The van der Waals surface area contributed by atoms with Crippen LogP contribution in [0.3, 0.4) is 0 Å². The van der Waals surface area contributed by atoms with Gasteiger partial charge in [-0.3, -0.25) is 9.59 Å². The molecule has 1 aromatic heterocycles. The first-order valence-corrected chi connectivity index (χ1v) is 7.84. The third-order valence-corrected chi connectivity index (χ3v) is 4.92. The number of hydrogen-bond donors (Lipinski definition) is 2. The van der Waals surface area contributed by atoms with E-state index in [0.29, 0.717) is 11.4 Å². The fourth-order valence-electron chi connectivity index (χ4n) is 3.82. The smallest absolute Gasteiger partial charge is 0.307 e. The summed E-state index contributed by atoms with van der Waals surface area (Å²) in [6, 6.07) is 7.19. The van der Waals surface area contributed by atoms with Crippen LogP contribution in [0.4, 0.5) is 5.69 Å². The van der Waals surface area contributed by atoms with Gasteiger partial charge in [-0.2, -0.15) is 0 Å². The summed E-state index contributed by atoms with van der Waals surface area (Å²) in [6.45, 7) is 0. The molecule has 24 heavy (non-hydrogen) atoms. The molecule has 0 saturated heterocycles. The molecule has 4 atom stereocenters. The Labute approximate surface area is 138 Å². The Balaban J connectivity index is 1.50. The van der Waals surface area contributed by atoms with E-state index in [2.05, 4.69) is 10.3 Å². The zero-order valence-corrected chi connectivity index (χ0v) is 12.8. The van der Waals surface area contributed by atoms with Gasteiger partial charge < -0.3 is 14.8 Å². The Kier molecular flexibility index (Phi) is 3.45. The summed E-state index contributed by atoms with van der Waals surface area (Å²) >= 11 is 0. The molecule has 6 nitrogen and oxygen atoms in total. The Morgan fingerprint density at radius 1 is 1.12 bits per heavy atom. The molecule has 0 spiro atoms. The number of nitrogens with one attached hydrogen (secondary N) is 1. The largest absolute Gasteiger partial charge is 0.481 e. The van der Waals surface area contributed by atoms with E-state index in [4.69, 9.17) is 4.42 Å². The Morgan fingerprint density at radius 2 is 1.83 bits per heavy atom. The Bertz CT molecular complexity index is 795. The number of rotatable bonds is 4. The molecule has 122 valence electrons. The highest BCUT2D eigenvalue weighted by molar-refractivity contribution is 5.96. The molecule has 2 bridgehead atoms. The van der Waals surface area contributed by atoms with Crippen molar-refractivity contribution in [3.8, 4) is 11.3 Å². The van der Waals surface area contributed by atoms with Gasteiger partial charge in [0.25, 0.3) is 0 Å². The van der Waals surface area contributed by atoms with Gasteiger partial charge in [0.1, 0.15) is 0 Å². The van der Waals surface area contributed by atoms with Crippen LogP contribution >= 0.6 is 0 Å². The highest BCUT2D eigenvalue weighted by Crippen LogP contribution is 2.48. The number of oxazole rings is 1. The fourth-order valence-corrected chi connectivity index (χ4v) is 3.82. The SMILES string of the molecule is O=C(Nc1ccc(-c2cnco2)cc1)[C@@H]1[C@H](C(=O)O)[C@H]2C=C[C@H]1C2. The molecule has 0 unspecified atom stereocenters. The molecule has 1 saturated carbocycles. The number of amides is 1. The number of fused-ring (bicyclic) bond motifs is 2. The van der Waals surface area contributed by atoms with Crippen molar-refractivity contribution in [1.29, 1.82) is 0 Å². The van der Waals surface area contributed by atoms with E-state index in [0.717, 1.165) is 12.0 Å². The first-order valence-electron chi connectivity index (χ1n) is 7.84. The molecule has 0 aliphatic heterocycles.